The lowest BCUT2D eigenvalue weighted by molar-refractivity contribution is 0.652. The number of benzene rings is 4. The maximum atomic E-state index is 13.6. The largest absolute Gasteiger partial charge is 0.352 e. The van der Waals surface area contributed by atoms with Gasteiger partial charge in [-0.15, -0.1) is 0 Å². The predicted octanol–water partition coefficient (Wildman–Crippen LogP) is 6.11. The van der Waals surface area contributed by atoms with Crippen molar-refractivity contribution in [3.05, 3.63) is 113 Å². The zero-order valence-electron chi connectivity index (χ0n) is 19.8. The SMILES string of the molecule is O=c1c2cnn(-c3ccccc3-c3ccc4ccccc4c3)c2nc2n1CCc1c-2[nH]c2ccccc12. The molecule has 0 amide bonds. The molecule has 8 rings (SSSR count). The van der Waals surface area contributed by atoms with E-state index in [0.717, 1.165) is 34.4 Å². The van der Waals surface area contributed by atoms with Crippen molar-refractivity contribution in [1.29, 1.82) is 0 Å². The summed E-state index contributed by atoms with van der Waals surface area (Å²) in [5, 5.41) is 8.76. The van der Waals surface area contributed by atoms with Crippen LogP contribution in [0.25, 0.3) is 61.0 Å². The Labute approximate surface area is 211 Å². The second-order valence-corrected chi connectivity index (χ2v) is 9.54. The molecule has 6 nitrogen and oxygen atoms in total. The summed E-state index contributed by atoms with van der Waals surface area (Å²) in [6.07, 6.45) is 2.44. The van der Waals surface area contributed by atoms with Gasteiger partial charge in [0.05, 0.1) is 17.6 Å². The Bertz CT molecular complexity index is 2080. The summed E-state index contributed by atoms with van der Waals surface area (Å²) in [6, 6.07) is 31.2. The third-order valence-corrected chi connectivity index (χ3v) is 7.50. The van der Waals surface area contributed by atoms with E-state index in [1.807, 2.05) is 30.3 Å². The minimum Gasteiger partial charge on any atom is -0.352 e. The van der Waals surface area contributed by atoms with Gasteiger partial charge >= 0.3 is 0 Å². The van der Waals surface area contributed by atoms with Gasteiger partial charge in [0.1, 0.15) is 5.39 Å². The van der Waals surface area contributed by atoms with Crippen LogP contribution in [0.4, 0.5) is 0 Å². The Morgan fingerprint density at radius 1 is 0.811 bits per heavy atom. The van der Waals surface area contributed by atoms with Crippen molar-refractivity contribution >= 4 is 32.7 Å². The molecular formula is C31H21N5O. The molecule has 0 saturated carbocycles. The molecule has 1 aliphatic rings. The summed E-state index contributed by atoms with van der Waals surface area (Å²) < 4.78 is 3.58. The smallest absolute Gasteiger partial charge is 0.264 e. The molecule has 0 atom stereocenters. The summed E-state index contributed by atoms with van der Waals surface area (Å²) in [7, 11) is 0. The third kappa shape index (κ3) is 2.90. The van der Waals surface area contributed by atoms with E-state index in [-0.39, 0.29) is 5.56 Å². The van der Waals surface area contributed by atoms with E-state index in [1.165, 1.54) is 21.7 Å². The number of aryl methyl sites for hydroxylation is 1. The maximum absolute atomic E-state index is 13.6. The minimum absolute atomic E-state index is 0.0567. The lowest BCUT2D eigenvalue weighted by atomic mass is 10.00. The van der Waals surface area contributed by atoms with Gasteiger partial charge in [0.15, 0.2) is 11.5 Å². The number of hydrogen-bond donors (Lipinski definition) is 1. The fraction of sp³-hybridized carbons (Fsp3) is 0.0645. The number of nitrogens with zero attached hydrogens (tertiary/aromatic N) is 4. The number of para-hydroxylation sites is 2. The van der Waals surface area contributed by atoms with Crippen molar-refractivity contribution in [1.82, 2.24) is 24.3 Å². The van der Waals surface area contributed by atoms with Gasteiger partial charge in [-0.3, -0.25) is 9.36 Å². The van der Waals surface area contributed by atoms with E-state index in [9.17, 15) is 4.79 Å². The highest BCUT2D eigenvalue weighted by molar-refractivity contribution is 5.92. The van der Waals surface area contributed by atoms with E-state index in [2.05, 4.69) is 70.7 Å². The van der Waals surface area contributed by atoms with E-state index in [1.54, 1.807) is 15.4 Å². The molecule has 0 unspecified atom stereocenters. The number of nitrogens with one attached hydrogen (secondary N) is 1. The van der Waals surface area contributed by atoms with Gasteiger partial charge in [0.2, 0.25) is 0 Å². The molecule has 0 radical (unpaired) electrons. The molecule has 1 aliphatic heterocycles. The first-order valence-corrected chi connectivity index (χ1v) is 12.4. The summed E-state index contributed by atoms with van der Waals surface area (Å²) in [4.78, 5) is 22.2. The van der Waals surface area contributed by atoms with Crippen LogP contribution in [0.3, 0.4) is 0 Å². The van der Waals surface area contributed by atoms with Crippen molar-refractivity contribution in [3.63, 3.8) is 0 Å². The van der Waals surface area contributed by atoms with Crippen molar-refractivity contribution in [2.75, 3.05) is 0 Å². The zero-order chi connectivity index (χ0) is 24.5. The van der Waals surface area contributed by atoms with Gasteiger partial charge in [-0.25, -0.2) is 9.67 Å². The molecule has 6 heteroatoms. The Morgan fingerprint density at radius 2 is 1.62 bits per heavy atom. The van der Waals surface area contributed by atoms with Crippen LogP contribution in [-0.4, -0.2) is 24.3 Å². The number of aromatic amines is 1. The monoisotopic (exact) mass is 479 g/mol. The summed E-state index contributed by atoms with van der Waals surface area (Å²) in [5.74, 6) is 0.667. The predicted molar refractivity (Wildman–Crippen MR) is 147 cm³/mol. The molecule has 0 fully saturated rings. The lowest BCUT2D eigenvalue weighted by Gasteiger charge is -2.18. The molecule has 176 valence electrons. The van der Waals surface area contributed by atoms with Gasteiger partial charge in [-0.05, 0) is 46.5 Å². The maximum Gasteiger partial charge on any atom is 0.264 e. The van der Waals surface area contributed by atoms with Gasteiger partial charge in [0.25, 0.3) is 5.56 Å². The van der Waals surface area contributed by atoms with Gasteiger partial charge < -0.3 is 4.98 Å². The first kappa shape index (κ1) is 20.2. The van der Waals surface area contributed by atoms with E-state index < -0.39 is 0 Å². The summed E-state index contributed by atoms with van der Waals surface area (Å²) in [5.41, 5.74) is 6.71. The average molecular weight is 480 g/mol. The quantitative estimate of drug-likeness (QED) is 0.325. The van der Waals surface area contributed by atoms with Gasteiger partial charge in [-0.1, -0.05) is 72.8 Å². The normalized spacial score (nSPS) is 12.8. The molecule has 0 aliphatic carbocycles. The standard InChI is InChI=1S/C31H21N5O/c37-31-25-18-32-36(27-12-6-4-9-22(27)21-14-13-19-7-1-2-8-20(19)17-21)29(25)34-30-28-24(15-16-35(30)31)23-10-3-5-11-26(23)33-28/h1-14,17-18,33H,15-16H2. The lowest BCUT2D eigenvalue weighted by Crippen LogP contribution is -2.27. The van der Waals surface area contributed by atoms with Crippen molar-refractivity contribution in [2.45, 2.75) is 13.0 Å². The Hall–Kier alpha value is -4.97. The fourth-order valence-electron chi connectivity index (χ4n) is 5.71. The van der Waals surface area contributed by atoms with Crippen molar-refractivity contribution in [2.24, 2.45) is 0 Å². The molecule has 4 aromatic carbocycles. The number of aromatic nitrogens is 5. The molecular weight excluding hydrogens is 458 g/mol. The second-order valence-electron chi connectivity index (χ2n) is 9.54. The molecule has 0 saturated heterocycles. The first-order chi connectivity index (χ1) is 18.3. The topological polar surface area (TPSA) is 68.5 Å². The van der Waals surface area contributed by atoms with E-state index >= 15 is 0 Å². The Morgan fingerprint density at radius 3 is 2.57 bits per heavy atom. The third-order valence-electron chi connectivity index (χ3n) is 7.50. The molecule has 0 spiro atoms. The molecule has 4 heterocycles. The highest BCUT2D eigenvalue weighted by atomic mass is 16.1. The summed E-state index contributed by atoms with van der Waals surface area (Å²) in [6.45, 7) is 0.602. The highest BCUT2D eigenvalue weighted by Crippen LogP contribution is 2.35. The van der Waals surface area contributed by atoms with Crippen molar-refractivity contribution in [3.8, 4) is 28.3 Å². The fourth-order valence-corrected chi connectivity index (χ4v) is 5.71. The second kappa shape index (κ2) is 7.51. The molecule has 0 bridgehead atoms. The van der Waals surface area contributed by atoms with Crippen LogP contribution in [0, 0.1) is 0 Å². The molecule has 3 aromatic heterocycles. The van der Waals surface area contributed by atoms with E-state index in [4.69, 9.17) is 4.98 Å². The summed E-state index contributed by atoms with van der Waals surface area (Å²) >= 11 is 0. The minimum atomic E-state index is -0.0567. The van der Waals surface area contributed by atoms with Crippen LogP contribution >= 0.6 is 0 Å². The van der Waals surface area contributed by atoms with Crippen LogP contribution in [0.1, 0.15) is 5.56 Å². The first-order valence-electron chi connectivity index (χ1n) is 12.4. The van der Waals surface area contributed by atoms with Crippen LogP contribution in [0.2, 0.25) is 0 Å². The Balaban J connectivity index is 1.36. The van der Waals surface area contributed by atoms with Crippen LogP contribution in [0.15, 0.2) is 102 Å². The number of hydrogen-bond acceptors (Lipinski definition) is 3. The number of H-pyrrole nitrogens is 1. The van der Waals surface area contributed by atoms with E-state index in [0.29, 0.717) is 23.4 Å². The molecule has 7 aromatic rings. The van der Waals surface area contributed by atoms with Gasteiger partial charge in [-0.2, -0.15) is 5.10 Å². The van der Waals surface area contributed by atoms with Crippen molar-refractivity contribution < 1.29 is 0 Å². The van der Waals surface area contributed by atoms with Crippen LogP contribution < -0.4 is 5.56 Å². The van der Waals surface area contributed by atoms with Gasteiger partial charge in [0, 0.05) is 23.0 Å². The van der Waals surface area contributed by atoms with Crippen LogP contribution in [0.5, 0.6) is 0 Å². The Kier molecular flexibility index (Phi) is 4.11. The number of fused-ring (bicyclic) bond motifs is 7. The zero-order valence-corrected chi connectivity index (χ0v) is 19.8. The highest BCUT2D eigenvalue weighted by Gasteiger charge is 2.25. The molecule has 37 heavy (non-hydrogen) atoms. The van der Waals surface area contributed by atoms with Crippen LogP contribution in [-0.2, 0) is 13.0 Å². The number of rotatable bonds is 2. The molecule has 1 N–H and O–H groups in total. The average Bonchev–Trinajstić information content (AvgIpc) is 3.55.